The fourth-order valence-electron chi connectivity index (χ4n) is 6.40. The fourth-order valence-corrected chi connectivity index (χ4v) is 6.40. The van der Waals surface area contributed by atoms with Crippen molar-refractivity contribution in [3.05, 3.63) is 89.5 Å². The summed E-state index contributed by atoms with van der Waals surface area (Å²) < 4.78 is 28.3. The van der Waals surface area contributed by atoms with Crippen LogP contribution in [0.3, 0.4) is 0 Å². The number of aryl methyl sites for hydroxylation is 2. The van der Waals surface area contributed by atoms with Crippen molar-refractivity contribution >= 4 is 11.9 Å². The highest BCUT2D eigenvalue weighted by molar-refractivity contribution is 5.77. The molecule has 2 aliphatic heterocycles. The van der Waals surface area contributed by atoms with Gasteiger partial charge in [-0.1, -0.05) is 55.7 Å². The maximum atomic E-state index is 11.3. The average Bonchev–Trinajstić information content (AvgIpc) is 3.78. The van der Waals surface area contributed by atoms with E-state index in [0.29, 0.717) is 18.6 Å². The van der Waals surface area contributed by atoms with E-state index in [4.69, 9.17) is 28.8 Å². The van der Waals surface area contributed by atoms with Gasteiger partial charge in [0, 0.05) is 12.8 Å². The summed E-state index contributed by atoms with van der Waals surface area (Å²) in [5.41, 5.74) is 7.68. The minimum atomic E-state index is -0.857. The molecule has 2 N–H and O–H groups in total. The van der Waals surface area contributed by atoms with Crippen LogP contribution in [0.15, 0.2) is 72.8 Å². The summed E-state index contributed by atoms with van der Waals surface area (Å²) in [4.78, 5) is 22.2. The van der Waals surface area contributed by atoms with Gasteiger partial charge in [0.25, 0.3) is 0 Å². The summed E-state index contributed by atoms with van der Waals surface area (Å²) in [7, 11) is 0. The van der Waals surface area contributed by atoms with Gasteiger partial charge < -0.3 is 33.9 Å². The van der Waals surface area contributed by atoms with Crippen molar-refractivity contribution in [1.82, 2.24) is 0 Å². The number of hydrogen-bond acceptors (Lipinski definition) is 7. The lowest BCUT2D eigenvalue weighted by molar-refractivity contribution is -0.138. The molecule has 6 rings (SSSR count). The lowest BCUT2D eigenvalue weighted by Gasteiger charge is -2.15. The van der Waals surface area contributed by atoms with Gasteiger partial charge in [-0.2, -0.15) is 0 Å². The number of aliphatic carboxylic acids is 2. The zero-order valence-electron chi connectivity index (χ0n) is 27.6. The summed E-state index contributed by atoms with van der Waals surface area (Å²) in [5.74, 6) is 2.00. The molecule has 0 aliphatic carbocycles. The van der Waals surface area contributed by atoms with Crippen LogP contribution in [0.2, 0.25) is 0 Å². The monoisotopic (exact) mass is 666 g/mol. The number of carboxylic acid groups (broad SMARTS) is 2. The van der Waals surface area contributed by atoms with E-state index in [1.807, 2.05) is 42.5 Å². The molecule has 0 atom stereocenters. The molecule has 2 heterocycles. The first-order valence-electron chi connectivity index (χ1n) is 17.0. The van der Waals surface area contributed by atoms with Crippen LogP contribution in [0.4, 0.5) is 0 Å². The summed E-state index contributed by atoms with van der Waals surface area (Å²) in [6.07, 6.45) is 7.99. The minimum absolute atomic E-state index is 0.0226. The van der Waals surface area contributed by atoms with Crippen LogP contribution < -0.4 is 23.7 Å². The molecule has 0 saturated carbocycles. The Kier molecular flexibility index (Phi) is 11.2. The van der Waals surface area contributed by atoms with E-state index in [1.54, 1.807) is 0 Å². The molecule has 4 aromatic carbocycles. The Morgan fingerprint density at radius 1 is 0.571 bits per heavy atom. The number of fused-ring (bicyclic) bond motifs is 2. The second-order valence-electron chi connectivity index (χ2n) is 12.5. The smallest absolute Gasteiger partial charge is 0.303 e. The van der Waals surface area contributed by atoms with E-state index in [1.165, 1.54) is 5.56 Å². The molecule has 256 valence electrons. The van der Waals surface area contributed by atoms with Crippen molar-refractivity contribution in [3.63, 3.8) is 0 Å². The molecule has 9 heteroatoms. The van der Waals surface area contributed by atoms with Gasteiger partial charge in [-0.3, -0.25) is 9.59 Å². The SMILES string of the molecule is O=C(O)CCCOc1cccc(CCCCCCCc2cc(-c3ccc4c(c3)OCO4)cc(-c3ccc4c(c3)OCO4)c2)c1CCC(=O)O. The van der Waals surface area contributed by atoms with Gasteiger partial charge in [-0.15, -0.1) is 0 Å². The van der Waals surface area contributed by atoms with Crippen molar-refractivity contribution in [2.45, 2.75) is 70.6 Å². The summed E-state index contributed by atoms with van der Waals surface area (Å²) in [6.45, 7) is 0.766. The molecular weight excluding hydrogens is 624 g/mol. The van der Waals surface area contributed by atoms with Gasteiger partial charge in [-0.05, 0) is 114 Å². The number of carbonyl (C=O) groups is 2. The quantitative estimate of drug-likeness (QED) is 0.101. The van der Waals surface area contributed by atoms with Crippen molar-refractivity contribution in [3.8, 4) is 51.0 Å². The predicted molar refractivity (Wildman–Crippen MR) is 185 cm³/mol. The van der Waals surface area contributed by atoms with E-state index in [9.17, 15) is 14.7 Å². The van der Waals surface area contributed by atoms with E-state index >= 15 is 0 Å². The number of hydrogen-bond donors (Lipinski definition) is 2. The van der Waals surface area contributed by atoms with Crippen LogP contribution in [-0.2, 0) is 28.9 Å². The van der Waals surface area contributed by atoms with Crippen LogP contribution >= 0.6 is 0 Å². The molecule has 0 aromatic heterocycles. The Morgan fingerprint density at radius 3 is 1.80 bits per heavy atom. The van der Waals surface area contributed by atoms with Crippen LogP contribution in [0, 0.1) is 0 Å². The Bertz CT molecular complexity index is 1700. The predicted octanol–water partition coefficient (Wildman–Crippen LogP) is 8.47. The van der Waals surface area contributed by atoms with Gasteiger partial charge in [-0.25, -0.2) is 0 Å². The van der Waals surface area contributed by atoms with Gasteiger partial charge in [0.2, 0.25) is 13.6 Å². The van der Waals surface area contributed by atoms with E-state index in [2.05, 4.69) is 30.3 Å². The number of unbranched alkanes of at least 4 members (excludes halogenated alkanes) is 4. The highest BCUT2D eigenvalue weighted by Crippen LogP contribution is 2.40. The van der Waals surface area contributed by atoms with Crippen molar-refractivity contribution in [1.29, 1.82) is 0 Å². The molecule has 0 saturated heterocycles. The molecule has 0 amide bonds. The highest BCUT2D eigenvalue weighted by atomic mass is 16.7. The van der Waals surface area contributed by atoms with E-state index in [0.717, 1.165) is 101 Å². The number of ether oxygens (including phenoxy) is 5. The minimum Gasteiger partial charge on any atom is -0.493 e. The largest absolute Gasteiger partial charge is 0.493 e. The lowest BCUT2D eigenvalue weighted by atomic mass is 9.93. The van der Waals surface area contributed by atoms with Crippen LogP contribution in [0.25, 0.3) is 22.3 Å². The molecule has 0 bridgehead atoms. The number of carboxylic acids is 2. The maximum Gasteiger partial charge on any atom is 0.303 e. The third kappa shape index (κ3) is 9.04. The molecule has 2 aliphatic rings. The number of benzene rings is 4. The molecule has 0 fully saturated rings. The standard InChI is InChI=1S/C40H42O9/c41-39(42)12-7-19-45-34-11-6-10-28(33(34)15-18-40(43)44)9-5-3-1-2-4-8-27-20-31(29-13-16-35-37(23-29)48-25-46-35)22-32(21-27)30-14-17-36-38(24-30)49-26-47-36/h6,10-11,13-14,16-17,20-24H,1-5,7-9,12,15,18-19,25-26H2,(H,41,42)(H,43,44). The van der Waals surface area contributed by atoms with Gasteiger partial charge in [0.15, 0.2) is 23.0 Å². The topological polar surface area (TPSA) is 121 Å². The fraction of sp³-hybridized carbons (Fsp3) is 0.350. The molecule has 0 spiro atoms. The highest BCUT2D eigenvalue weighted by Gasteiger charge is 2.17. The van der Waals surface area contributed by atoms with Gasteiger partial charge in [0.1, 0.15) is 5.75 Å². The zero-order valence-corrected chi connectivity index (χ0v) is 27.6. The lowest BCUT2D eigenvalue weighted by Crippen LogP contribution is -2.07. The first-order chi connectivity index (χ1) is 23.9. The molecule has 9 nitrogen and oxygen atoms in total. The normalized spacial score (nSPS) is 12.7. The summed E-state index contributed by atoms with van der Waals surface area (Å²) >= 11 is 0. The number of rotatable bonds is 18. The average molecular weight is 667 g/mol. The molecule has 49 heavy (non-hydrogen) atoms. The molecular formula is C40H42O9. The summed E-state index contributed by atoms with van der Waals surface area (Å²) in [5, 5.41) is 18.2. The van der Waals surface area contributed by atoms with Crippen molar-refractivity contribution in [2.75, 3.05) is 20.2 Å². The molecule has 4 aromatic rings. The van der Waals surface area contributed by atoms with Crippen molar-refractivity contribution < 1.29 is 43.5 Å². The Balaban J connectivity index is 1.06. The zero-order chi connectivity index (χ0) is 34.0. The van der Waals surface area contributed by atoms with Crippen molar-refractivity contribution in [2.24, 2.45) is 0 Å². The van der Waals surface area contributed by atoms with Crippen LogP contribution in [0.5, 0.6) is 28.7 Å². The van der Waals surface area contributed by atoms with E-state index < -0.39 is 11.9 Å². The van der Waals surface area contributed by atoms with Crippen LogP contribution in [0.1, 0.15) is 68.1 Å². The third-order valence-corrected chi connectivity index (χ3v) is 8.93. The first-order valence-corrected chi connectivity index (χ1v) is 17.0. The first kappa shape index (κ1) is 33.7. The Hall–Kier alpha value is -5.18. The third-order valence-electron chi connectivity index (χ3n) is 8.93. The van der Waals surface area contributed by atoms with Crippen LogP contribution in [-0.4, -0.2) is 42.3 Å². The van der Waals surface area contributed by atoms with Gasteiger partial charge in [0.05, 0.1) is 6.61 Å². The Morgan fingerprint density at radius 2 is 1.16 bits per heavy atom. The Labute approximate surface area is 286 Å². The second kappa shape index (κ2) is 16.3. The van der Waals surface area contributed by atoms with E-state index in [-0.39, 0.29) is 33.0 Å². The maximum absolute atomic E-state index is 11.3. The molecule has 0 radical (unpaired) electrons. The molecule has 0 unspecified atom stereocenters. The summed E-state index contributed by atoms with van der Waals surface area (Å²) in [6, 6.07) is 24.7. The van der Waals surface area contributed by atoms with Gasteiger partial charge >= 0.3 is 11.9 Å². The second-order valence-corrected chi connectivity index (χ2v) is 12.5.